The third kappa shape index (κ3) is 3.43. The van der Waals surface area contributed by atoms with Gasteiger partial charge < -0.3 is 15.0 Å². The van der Waals surface area contributed by atoms with E-state index in [1.165, 1.54) is 0 Å². The normalized spacial score (nSPS) is 19.5. The zero-order valence-electron chi connectivity index (χ0n) is 15.8. The highest BCUT2D eigenvalue weighted by Gasteiger charge is 2.37. The standard InChI is InChI=1S/C21H24N2O3/c1-13(20(25)26-21(2,3)4)18-22-19(24)17(23(18)5)16-11-10-14-8-6-7-9-15(14)12-16/h6-12,17H,1-5H3,(H,22,24)/b18-13+. The third-order valence-corrected chi connectivity index (χ3v) is 4.38. The average molecular weight is 352 g/mol. The van der Waals surface area contributed by atoms with Crippen molar-refractivity contribution in [3.63, 3.8) is 0 Å². The van der Waals surface area contributed by atoms with Gasteiger partial charge >= 0.3 is 5.97 Å². The number of carbonyl (C=O) groups excluding carboxylic acids is 2. The molecule has 0 radical (unpaired) electrons. The van der Waals surface area contributed by atoms with E-state index in [1.54, 1.807) is 18.9 Å². The summed E-state index contributed by atoms with van der Waals surface area (Å²) in [5, 5.41) is 5.03. The Morgan fingerprint density at radius 3 is 2.42 bits per heavy atom. The Kier molecular flexibility index (Phi) is 4.48. The van der Waals surface area contributed by atoms with Crippen LogP contribution in [0.3, 0.4) is 0 Å². The first-order valence-electron chi connectivity index (χ1n) is 8.64. The van der Waals surface area contributed by atoms with Gasteiger partial charge in [0.25, 0.3) is 5.91 Å². The summed E-state index contributed by atoms with van der Waals surface area (Å²) in [6.45, 7) is 7.12. The molecule has 1 unspecified atom stereocenters. The van der Waals surface area contributed by atoms with Crippen LogP contribution >= 0.6 is 0 Å². The quantitative estimate of drug-likeness (QED) is 0.664. The molecule has 1 aliphatic rings. The van der Waals surface area contributed by atoms with E-state index in [9.17, 15) is 9.59 Å². The van der Waals surface area contributed by atoms with Gasteiger partial charge in [-0.2, -0.15) is 0 Å². The Balaban J connectivity index is 1.94. The molecule has 26 heavy (non-hydrogen) atoms. The van der Waals surface area contributed by atoms with Gasteiger partial charge in [0, 0.05) is 7.05 Å². The lowest BCUT2D eigenvalue weighted by Crippen LogP contribution is -2.27. The third-order valence-electron chi connectivity index (χ3n) is 4.38. The molecule has 2 aromatic carbocycles. The van der Waals surface area contributed by atoms with E-state index in [1.807, 2.05) is 63.2 Å². The summed E-state index contributed by atoms with van der Waals surface area (Å²) in [4.78, 5) is 26.8. The molecule has 1 heterocycles. The van der Waals surface area contributed by atoms with Gasteiger partial charge in [-0.15, -0.1) is 0 Å². The lowest BCUT2D eigenvalue weighted by atomic mass is 10.0. The van der Waals surface area contributed by atoms with Crippen LogP contribution in [-0.2, 0) is 14.3 Å². The highest BCUT2D eigenvalue weighted by Crippen LogP contribution is 2.31. The zero-order chi connectivity index (χ0) is 19.1. The van der Waals surface area contributed by atoms with Crippen LogP contribution in [0, 0.1) is 0 Å². The molecule has 0 aromatic heterocycles. The van der Waals surface area contributed by atoms with Crippen molar-refractivity contribution in [1.29, 1.82) is 0 Å². The van der Waals surface area contributed by atoms with E-state index < -0.39 is 17.6 Å². The number of hydrogen-bond acceptors (Lipinski definition) is 4. The fourth-order valence-electron chi connectivity index (χ4n) is 3.14. The van der Waals surface area contributed by atoms with E-state index in [-0.39, 0.29) is 5.91 Å². The summed E-state index contributed by atoms with van der Waals surface area (Å²) in [7, 11) is 1.81. The molecule has 5 nitrogen and oxygen atoms in total. The van der Waals surface area contributed by atoms with Crippen LogP contribution < -0.4 is 5.32 Å². The van der Waals surface area contributed by atoms with Gasteiger partial charge in [0.05, 0.1) is 5.57 Å². The topological polar surface area (TPSA) is 58.6 Å². The first kappa shape index (κ1) is 18.0. The van der Waals surface area contributed by atoms with Crippen molar-refractivity contribution in [1.82, 2.24) is 10.2 Å². The lowest BCUT2D eigenvalue weighted by molar-refractivity contribution is -0.150. The second-order valence-corrected chi connectivity index (χ2v) is 7.58. The number of ether oxygens (including phenoxy) is 1. The van der Waals surface area contributed by atoms with Gasteiger partial charge in [-0.25, -0.2) is 4.79 Å². The van der Waals surface area contributed by atoms with E-state index >= 15 is 0 Å². The van der Waals surface area contributed by atoms with Crippen LogP contribution in [0.2, 0.25) is 0 Å². The molecule has 3 rings (SSSR count). The number of nitrogens with zero attached hydrogens (tertiary/aromatic N) is 1. The summed E-state index contributed by atoms with van der Waals surface area (Å²) in [5.41, 5.74) is 0.687. The first-order valence-corrected chi connectivity index (χ1v) is 8.64. The molecule has 2 aromatic rings. The van der Waals surface area contributed by atoms with Crippen LogP contribution in [0.15, 0.2) is 53.9 Å². The Morgan fingerprint density at radius 1 is 1.12 bits per heavy atom. The van der Waals surface area contributed by atoms with Gasteiger partial charge in [-0.3, -0.25) is 4.79 Å². The smallest absolute Gasteiger partial charge is 0.337 e. The van der Waals surface area contributed by atoms with Gasteiger partial charge in [0.2, 0.25) is 0 Å². The van der Waals surface area contributed by atoms with E-state index in [4.69, 9.17) is 4.74 Å². The lowest BCUT2D eigenvalue weighted by Gasteiger charge is -2.23. The number of likely N-dealkylation sites (N-methyl/N-ethyl adjacent to an activating group) is 1. The van der Waals surface area contributed by atoms with E-state index in [2.05, 4.69) is 5.32 Å². The minimum Gasteiger partial charge on any atom is -0.457 e. The number of esters is 1. The van der Waals surface area contributed by atoms with E-state index in [0.717, 1.165) is 16.3 Å². The molecular weight excluding hydrogens is 328 g/mol. The van der Waals surface area contributed by atoms with Crippen molar-refractivity contribution in [2.45, 2.75) is 39.3 Å². The highest BCUT2D eigenvalue weighted by atomic mass is 16.6. The molecule has 1 aliphatic heterocycles. The minimum atomic E-state index is -0.585. The van der Waals surface area contributed by atoms with Crippen molar-refractivity contribution in [2.75, 3.05) is 7.05 Å². The molecule has 0 saturated carbocycles. The zero-order valence-corrected chi connectivity index (χ0v) is 15.8. The fraction of sp³-hybridized carbons (Fsp3) is 0.333. The summed E-state index contributed by atoms with van der Waals surface area (Å²) >= 11 is 0. The van der Waals surface area contributed by atoms with Gasteiger partial charge in [-0.05, 0) is 50.1 Å². The molecule has 1 saturated heterocycles. The molecule has 0 spiro atoms. The van der Waals surface area contributed by atoms with Crippen molar-refractivity contribution in [2.24, 2.45) is 0 Å². The van der Waals surface area contributed by atoms with Gasteiger partial charge in [0.15, 0.2) is 0 Å². The predicted octanol–water partition coefficient (Wildman–Crippen LogP) is 3.52. The van der Waals surface area contributed by atoms with Crippen molar-refractivity contribution >= 4 is 22.6 Å². The highest BCUT2D eigenvalue weighted by molar-refractivity contribution is 5.94. The minimum absolute atomic E-state index is 0.152. The van der Waals surface area contributed by atoms with Crippen LogP contribution in [0.1, 0.15) is 39.3 Å². The number of hydrogen-bond donors (Lipinski definition) is 1. The van der Waals surface area contributed by atoms with E-state index in [0.29, 0.717) is 11.4 Å². The average Bonchev–Trinajstić information content (AvgIpc) is 2.86. The van der Waals surface area contributed by atoms with Crippen molar-refractivity contribution in [3.05, 3.63) is 59.4 Å². The maximum atomic E-state index is 12.6. The largest absolute Gasteiger partial charge is 0.457 e. The number of amides is 1. The van der Waals surface area contributed by atoms with Crippen LogP contribution in [0.25, 0.3) is 10.8 Å². The Morgan fingerprint density at radius 2 is 1.77 bits per heavy atom. The SMILES string of the molecule is C/C(C(=O)OC(C)(C)C)=C1/NC(=O)C(c2ccc3ccccc3c2)N1C. The summed E-state index contributed by atoms with van der Waals surface area (Å²) in [5.74, 6) is -0.0955. The molecule has 1 fully saturated rings. The molecule has 1 N–H and O–H groups in total. The molecule has 0 bridgehead atoms. The molecule has 5 heteroatoms. The van der Waals surface area contributed by atoms with Gasteiger partial charge in [-0.1, -0.05) is 36.4 Å². The summed E-state index contributed by atoms with van der Waals surface area (Å²) < 4.78 is 5.42. The summed E-state index contributed by atoms with van der Waals surface area (Å²) in [6, 6.07) is 13.5. The molecule has 1 amide bonds. The summed E-state index contributed by atoms with van der Waals surface area (Å²) in [6.07, 6.45) is 0. The second kappa shape index (κ2) is 6.48. The Labute approximate surface area is 153 Å². The van der Waals surface area contributed by atoms with Crippen LogP contribution in [-0.4, -0.2) is 29.4 Å². The van der Waals surface area contributed by atoms with Crippen molar-refractivity contribution in [3.8, 4) is 0 Å². The molecule has 1 atom stereocenters. The number of fused-ring (bicyclic) bond motifs is 1. The Bertz CT molecular complexity index is 909. The van der Waals surface area contributed by atoms with Crippen LogP contribution in [0.4, 0.5) is 0 Å². The number of rotatable bonds is 2. The first-order chi connectivity index (χ1) is 12.2. The monoisotopic (exact) mass is 352 g/mol. The maximum absolute atomic E-state index is 12.6. The molecular formula is C21H24N2O3. The number of benzene rings is 2. The Hall–Kier alpha value is -2.82. The number of nitrogens with one attached hydrogen (secondary N) is 1. The van der Waals surface area contributed by atoms with Crippen LogP contribution in [0.5, 0.6) is 0 Å². The maximum Gasteiger partial charge on any atom is 0.337 e. The van der Waals surface area contributed by atoms with Gasteiger partial charge in [0.1, 0.15) is 17.5 Å². The molecule has 0 aliphatic carbocycles. The molecule has 136 valence electrons. The number of carbonyl (C=O) groups is 2. The second-order valence-electron chi connectivity index (χ2n) is 7.58. The predicted molar refractivity (Wildman–Crippen MR) is 101 cm³/mol. The fourth-order valence-corrected chi connectivity index (χ4v) is 3.14. The van der Waals surface area contributed by atoms with Crippen molar-refractivity contribution < 1.29 is 14.3 Å².